The number of nitro groups is 2. The highest BCUT2D eigenvalue weighted by atomic mass is 32.2. The molecule has 4 saturated carbocycles. The summed E-state index contributed by atoms with van der Waals surface area (Å²) in [6.07, 6.45) is 28.1. The van der Waals surface area contributed by atoms with Gasteiger partial charge >= 0.3 is 0 Å². The highest BCUT2D eigenvalue weighted by molar-refractivity contribution is 7.90. The number of nitro benzene ring substituents is 2. The largest absolute Gasteiger partial charge is 0.455 e. The van der Waals surface area contributed by atoms with Crippen LogP contribution in [0.15, 0.2) is 180 Å². The number of hydrogen-bond donors (Lipinski definition) is 6. The van der Waals surface area contributed by atoms with Crippen LogP contribution < -0.4 is 29.6 Å². The third-order valence-electron chi connectivity index (χ3n) is 25.6. The molecular formula is C90H100N12O14S2. The number of carbonyl (C=O) groups excluding carboxylic acids is 2. The molecule has 4 saturated heterocycles. The number of carbonyl (C=O) groups is 2. The maximum absolute atomic E-state index is 13.9. The smallest absolute Gasteiger partial charge is 0.293 e. The molecular weight excluding hydrogens is 1540 g/mol. The monoisotopic (exact) mass is 1640 g/mol. The second-order valence-corrected chi connectivity index (χ2v) is 36.6. The van der Waals surface area contributed by atoms with Crippen LogP contribution in [0.3, 0.4) is 0 Å². The van der Waals surface area contributed by atoms with Gasteiger partial charge in [0.1, 0.15) is 45.7 Å². The fraction of sp³-hybridized carbons (Fsp3) is 0.422. The summed E-state index contributed by atoms with van der Waals surface area (Å²) < 4.78 is 82.4. The summed E-state index contributed by atoms with van der Waals surface area (Å²) in [4.78, 5) is 70.3. The van der Waals surface area contributed by atoms with E-state index in [1.54, 1.807) is 49.1 Å². The zero-order chi connectivity index (χ0) is 81.0. The van der Waals surface area contributed by atoms with E-state index in [4.69, 9.17) is 18.9 Å². The number of amides is 2. The second-order valence-electron chi connectivity index (χ2n) is 33.2. The number of anilines is 2. The molecule has 0 spiro atoms. The van der Waals surface area contributed by atoms with Gasteiger partial charge in [-0.15, -0.1) is 0 Å². The van der Waals surface area contributed by atoms with Crippen molar-refractivity contribution in [3.63, 3.8) is 0 Å². The molecule has 8 aliphatic rings. The van der Waals surface area contributed by atoms with Crippen molar-refractivity contribution < 1.29 is 55.2 Å². The quantitative estimate of drug-likeness (QED) is 0.0217. The van der Waals surface area contributed by atoms with E-state index in [-0.39, 0.29) is 57.7 Å². The first-order chi connectivity index (χ1) is 57.4. The van der Waals surface area contributed by atoms with E-state index in [1.807, 2.05) is 36.4 Å². The summed E-state index contributed by atoms with van der Waals surface area (Å²) in [7, 11) is -9.05. The molecule has 6 N–H and O–H groups in total. The van der Waals surface area contributed by atoms with Crippen molar-refractivity contribution >= 4 is 76.7 Å². The Bertz CT molecular complexity index is 5210. The SMILES string of the molecule is O=C(NS(=O)(=O)c1ccc(NCC2CCOCC2)c([N+](=O)[O-])c1)c1ccc(C2CCC(N3CCCC3c3ccc(C4CC4)cc3)CC2)cc1Oc1cnc2[nH]ccc2c1.O=C(NS(=O)(=O)c1ccc(NCC2CCOCC2)c([N+](=O)[O-])c1)c1ccc(C2CCC(N3CCCC3c3ccc(C4CC4)cc3)CC2)cc1Oc1cnc2[nH]ccc2c1. The van der Waals surface area contributed by atoms with Crippen molar-refractivity contribution in [2.45, 2.75) is 186 Å². The molecule has 4 aliphatic carbocycles. The van der Waals surface area contributed by atoms with Crippen molar-refractivity contribution in [2.75, 3.05) is 63.2 Å². The maximum atomic E-state index is 13.9. The normalized spacial score (nSPS) is 21.7. The first kappa shape index (κ1) is 79.8. The number of rotatable bonds is 26. The molecule has 8 fully saturated rings. The number of likely N-dealkylation sites (tertiary alicyclic amines) is 2. The fourth-order valence-electron chi connectivity index (χ4n) is 18.6. The minimum atomic E-state index is -4.52. The topological polar surface area (TPSA) is 338 Å². The van der Waals surface area contributed by atoms with Crippen LogP contribution in [0.2, 0.25) is 0 Å². The standard InChI is InChI=1S/2C45H50N6O7S/c2*52-45(49-59(55,56)38-14-16-40(42(26-38)51(53)54)47-27-29-18-22-57-23-19-29)39-15-11-34(25-43(39)58-37-24-35-17-20-46-44(35)48-28-37)32-9-12-36(13-10-32)50-21-1-2-41(50)33-7-5-31(6-8-33)30-3-4-30/h2*5-8,11,14-17,20,24-26,28-30,32,36,41,47H,1-4,9-10,12-13,18-19,21-23,27H2,(H,46,48)(H,49,52). The molecule has 2 unspecified atom stereocenters. The van der Waals surface area contributed by atoms with Crippen LogP contribution in [0.25, 0.3) is 22.1 Å². The van der Waals surface area contributed by atoms with E-state index in [2.05, 4.69) is 98.3 Å². The van der Waals surface area contributed by atoms with Crippen molar-refractivity contribution in [3.8, 4) is 23.0 Å². The van der Waals surface area contributed by atoms with E-state index in [0.717, 1.165) is 136 Å². The first-order valence-corrected chi connectivity index (χ1v) is 44.9. The van der Waals surface area contributed by atoms with Gasteiger partial charge in [0.2, 0.25) is 0 Å². The van der Waals surface area contributed by atoms with E-state index in [1.165, 1.54) is 97.9 Å². The zero-order valence-corrected chi connectivity index (χ0v) is 67.6. The lowest BCUT2D eigenvalue weighted by Crippen LogP contribution is -2.37. The third-order valence-corrected chi connectivity index (χ3v) is 28.2. The molecule has 10 aromatic rings. The second kappa shape index (κ2) is 35.1. The molecule has 0 radical (unpaired) electrons. The fourth-order valence-corrected chi connectivity index (χ4v) is 20.6. The van der Waals surface area contributed by atoms with Crippen molar-refractivity contribution in [1.29, 1.82) is 0 Å². The van der Waals surface area contributed by atoms with E-state index in [0.29, 0.717) is 86.5 Å². The number of pyridine rings is 2. The first-order valence-electron chi connectivity index (χ1n) is 41.9. The summed E-state index contributed by atoms with van der Waals surface area (Å²) in [6, 6.07) is 45.9. The lowest BCUT2D eigenvalue weighted by molar-refractivity contribution is -0.384. The molecule has 0 bridgehead atoms. The summed E-state index contributed by atoms with van der Waals surface area (Å²) in [5.41, 5.74) is 8.83. The lowest BCUT2D eigenvalue weighted by Gasteiger charge is -2.38. The molecule has 2 atom stereocenters. The molecule has 18 rings (SSSR count). The highest BCUT2D eigenvalue weighted by Gasteiger charge is 2.39. The Hall–Kier alpha value is -10.6. The molecule has 4 aromatic heterocycles. The highest BCUT2D eigenvalue weighted by Crippen LogP contribution is 2.48. The van der Waals surface area contributed by atoms with Crippen molar-refractivity contribution in [2.24, 2.45) is 11.8 Å². The van der Waals surface area contributed by atoms with E-state index < -0.39 is 62.9 Å². The van der Waals surface area contributed by atoms with Crippen LogP contribution in [0.1, 0.15) is 218 Å². The van der Waals surface area contributed by atoms with Gasteiger partial charge in [-0.3, -0.25) is 39.6 Å². The minimum Gasteiger partial charge on any atom is -0.455 e. The van der Waals surface area contributed by atoms with Gasteiger partial charge in [-0.05, 0) is 283 Å². The minimum absolute atomic E-state index is 0.0111. The van der Waals surface area contributed by atoms with Crippen LogP contribution in [-0.4, -0.2) is 133 Å². The Balaban J connectivity index is 0.000000169. The Morgan fingerprint density at radius 2 is 0.805 bits per heavy atom. The molecule has 8 heterocycles. The maximum Gasteiger partial charge on any atom is 0.293 e. The molecule has 4 aliphatic heterocycles. The number of aromatic amines is 2. The summed E-state index contributed by atoms with van der Waals surface area (Å²) in [6.45, 7) is 5.75. The number of nitrogens with one attached hydrogen (secondary N) is 6. The molecule has 616 valence electrons. The van der Waals surface area contributed by atoms with Crippen LogP contribution in [0, 0.1) is 32.1 Å². The summed E-state index contributed by atoms with van der Waals surface area (Å²) in [5.74, 6) is 1.88. The van der Waals surface area contributed by atoms with Crippen molar-refractivity contribution in [1.82, 2.24) is 39.2 Å². The number of ether oxygens (including phenoxy) is 4. The lowest BCUT2D eigenvalue weighted by atomic mass is 9.80. The van der Waals surface area contributed by atoms with Crippen LogP contribution in [-0.2, 0) is 29.5 Å². The number of benzene rings is 6. The van der Waals surface area contributed by atoms with Crippen LogP contribution in [0.5, 0.6) is 23.0 Å². The predicted molar refractivity (Wildman–Crippen MR) is 449 cm³/mol. The number of sulfonamides is 2. The molecule has 28 heteroatoms. The average molecular weight is 1640 g/mol. The molecule has 118 heavy (non-hydrogen) atoms. The Morgan fingerprint density at radius 3 is 1.19 bits per heavy atom. The van der Waals surface area contributed by atoms with Crippen molar-refractivity contribution in [3.05, 3.63) is 235 Å². The number of aromatic nitrogens is 4. The van der Waals surface area contributed by atoms with E-state index >= 15 is 0 Å². The molecule has 26 nitrogen and oxygen atoms in total. The molecule has 2 amide bonds. The third kappa shape index (κ3) is 18.5. The van der Waals surface area contributed by atoms with E-state index in [9.17, 15) is 46.7 Å². The van der Waals surface area contributed by atoms with Gasteiger partial charge in [0.25, 0.3) is 43.2 Å². The predicted octanol–water partition coefficient (Wildman–Crippen LogP) is 17.9. The number of fused-ring (bicyclic) bond motifs is 2. The van der Waals surface area contributed by atoms with Gasteiger partial charge < -0.3 is 39.5 Å². The van der Waals surface area contributed by atoms with Gasteiger partial charge in [0.15, 0.2) is 0 Å². The Labute approximate surface area is 686 Å². The van der Waals surface area contributed by atoms with Gasteiger partial charge in [-0.25, -0.2) is 36.2 Å². The Morgan fingerprint density at radius 1 is 0.441 bits per heavy atom. The molecule has 6 aromatic carbocycles. The van der Waals surface area contributed by atoms with Crippen LogP contribution >= 0.6 is 0 Å². The van der Waals surface area contributed by atoms with Gasteiger partial charge in [-0.1, -0.05) is 60.7 Å². The zero-order valence-electron chi connectivity index (χ0n) is 66.0. The van der Waals surface area contributed by atoms with Gasteiger partial charge in [-0.2, -0.15) is 0 Å². The number of H-pyrrole nitrogens is 2. The van der Waals surface area contributed by atoms with Crippen LogP contribution in [0.4, 0.5) is 22.7 Å². The number of hydrogen-bond acceptors (Lipinski definition) is 20. The van der Waals surface area contributed by atoms with Gasteiger partial charge in [0, 0.05) is 99.0 Å². The Kier molecular flexibility index (Phi) is 23.8. The average Bonchev–Trinajstić information content (AvgIpc) is 1.18. The number of nitrogens with zero attached hydrogens (tertiary/aromatic N) is 6. The summed E-state index contributed by atoms with van der Waals surface area (Å²) in [5, 5.41) is 32.0. The van der Waals surface area contributed by atoms with Gasteiger partial charge in [0.05, 0.1) is 43.2 Å². The summed E-state index contributed by atoms with van der Waals surface area (Å²) >= 11 is 0.